The Morgan fingerprint density at radius 2 is 1.86 bits per heavy atom. The van der Waals surface area contributed by atoms with E-state index in [4.69, 9.17) is 4.74 Å². The van der Waals surface area contributed by atoms with E-state index in [-0.39, 0.29) is 6.10 Å². The predicted octanol–water partition coefficient (Wildman–Crippen LogP) is 1.43. The number of aromatic nitrogens is 2. The van der Waals surface area contributed by atoms with Crippen molar-refractivity contribution in [3.8, 4) is 5.88 Å². The number of fused-ring (bicyclic) bond motifs is 1. The van der Waals surface area contributed by atoms with Gasteiger partial charge in [0.25, 0.3) is 0 Å². The number of ether oxygens (including phenoxy) is 1. The molecule has 2 heterocycles. The lowest BCUT2D eigenvalue weighted by atomic mass is 10.1. The first-order valence-corrected chi connectivity index (χ1v) is 8.71. The van der Waals surface area contributed by atoms with Crippen molar-refractivity contribution in [2.45, 2.75) is 18.9 Å². The van der Waals surface area contributed by atoms with Crippen LogP contribution in [0.3, 0.4) is 0 Å². The largest absolute Gasteiger partial charge is 0.473 e. The van der Waals surface area contributed by atoms with Crippen LogP contribution in [0.2, 0.25) is 0 Å². The van der Waals surface area contributed by atoms with Crippen molar-refractivity contribution in [3.63, 3.8) is 0 Å². The summed E-state index contributed by atoms with van der Waals surface area (Å²) in [5.41, 5.74) is 1.63. The summed E-state index contributed by atoms with van der Waals surface area (Å²) in [5.74, 6) is 0.492. The van der Waals surface area contributed by atoms with Crippen LogP contribution in [0.5, 0.6) is 5.88 Å². The number of para-hydroxylation sites is 2. The highest BCUT2D eigenvalue weighted by Gasteiger charge is 2.26. The quantitative estimate of drug-likeness (QED) is 0.858. The fourth-order valence-corrected chi connectivity index (χ4v) is 3.32. The minimum atomic E-state index is -3.10. The lowest BCUT2D eigenvalue weighted by Gasteiger charge is -2.30. The molecule has 1 aliphatic heterocycles. The van der Waals surface area contributed by atoms with Crippen molar-refractivity contribution in [2.24, 2.45) is 0 Å². The number of hydrogen-bond donors (Lipinski definition) is 0. The third kappa shape index (κ3) is 3.30. The van der Waals surface area contributed by atoms with Crippen LogP contribution in [0.4, 0.5) is 0 Å². The maximum absolute atomic E-state index is 11.5. The Morgan fingerprint density at radius 1 is 1.19 bits per heavy atom. The number of nitrogens with zero attached hydrogens (tertiary/aromatic N) is 3. The molecule has 7 heteroatoms. The molecule has 0 saturated carbocycles. The Labute approximate surface area is 123 Å². The highest BCUT2D eigenvalue weighted by Crippen LogP contribution is 2.20. The summed E-state index contributed by atoms with van der Waals surface area (Å²) in [6.45, 7) is 0.981. The van der Waals surface area contributed by atoms with E-state index in [1.54, 1.807) is 6.20 Å². The molecule has 21 heavy (non-hydrogen) atoms. The first-order chi connectivity index (χ1) is 10.0. The van der Waals surface area contributed by atoms with Crippen molar-refractivity contribution in [3.05, 3.63) is 30.5 Å². The SMILES string of the molecule is CS(=O)(=O)N1CCC(Oc2cnc3ccccc3n2)CC1. The normalized spacial score (nSPS) is 18.0. The molecular formula is C14H17N3O3S. The lowest BCUT2D eigenvalue weighted by Crippen LogP contribution is -2.41. The Morgan fingerprint density at radius 3 is 2.52 bits per heavy atom. The van der Waals surface area contributed by atoms with Gasteiger partial charge in [0.1, 0.15) is 6.10 Å². The average Bonchev–Trinajstić information content (AvgIpc) is 2.47. The number of piperidine rings is 1. The van der Waals surface area contributed by atoms with E-state index in [0.717, 1.165) is 11.0 Å². The predicted molar refractivity (Wildman–Crippen MR) is 79.6 cm³/mol. The Balaban J connectivity index is 1.67. The first-order valence-electron chi connectivity index (χ1n) is 6.86. The zero-order chi connectivity index (χ0) is 14.9. The maximum Gasteiger partial charge on any atom is 0.233 e. The van der Waals surface area contributed by atoms with Gasteiger partial charge in [0.15, 0.2) is 0 Å². The van der Waals surface area contributed by atoms with Crippen LogP contribution in [0.15, 0.2) is 30.5 Å². The Kier molecular flexibility index (Phi) is 3.77. The van der Waals surface area contributed by atoms with Crippen LogP contribution in [0.1, 0.15) is 12.8 Å². The third-order valence-electron chi connectivity index (χ3n) is 3.58. The molecule has 0 atom stereocenters. The van der Waals surface area contributed by atoms with E-state index >= 15 is 0 Å². The zero-order valence-electron chi connectivity index (χ0n) is 11.8. The van der Waals surface area contributed by atoms with Gasteiger partial charge in [-0.3, -0.25) is 0 Å². The maximum atomic E-state index is 11.5. The number of benzene rings is 1. The van der Waals surface area contributed by atoms with E-state index < -0.39 is 10.0 Å². The zero-order valence-corrected chi connectivity index (χ0v) is 12.6. The van der Waals surface area contributed by atoms with E-state index in [9.17, 15) is 8.42 Å². The van der Waals surface area contributed by atoms with Gasteiger partial charge < -0.3 is 4.74 Å². The van der Waals surface area contributed by atoms with Gasteiger partial charge in [0.2, 0.25) is 15.9 Å². The molecule has 0 amide bonds. The van der Waals surface area contributed by atoms with Crippen LogP contribution < -0.4 is 4.74 Å². The second-order valence-corrected chi connectivity index (χ2v) is 7.16. The van der Waals surface area contributed by atoms with Crippen LogP contribution in [-0.2, 0) is 10.0 Å². The van der Waals surface area contributed by atoms with Gasteiger partial charge in [-0.25, -0.2) is 22.7 Å². The molecule has 0 aliphatic carbocycles. The van der Waals surface area contributed by atoms with Crippen molar-refractivity contribution < 1.29 is 13.2 Å². The molecule has 0 spiro atoms. The highest BCUT2D eigenvalue weighted by molar-refractivity contribution is 7.88. The van der Waals surface area contributed by atoms with Crippen LogP contribution in [0.25, 0.3) is 11.0 Å². The summed E-state index contributed by atoms with van der Waals surface area (Å²) in [6, 6.07) is 7.61. The van der Waals surface area contributed by atoms with Gasteiger partial charge in [-0.15, -0.1) is 0 Å². The molecule has 1 fully saturated rings. The van der Waals surface area contributed by atoms with Crippen LogP contribution in [0, 0.1) is 0 Å². The molecular weight excluding hydrogens is 290 g/mol. The van der Waals surface area contributed by atoms with E-state index in [1.165, 1.54) is 10.6 Å². The van der Waals surface area contributed by atoms with Gasteiger partial charge in [-0.05, 0) is 25.0 Å². The molecule has 6 nitrogen and oxygen atoms in total. The smallest absolute Gasteiger partial charge is 0.233 e. The van der Waals surface area contributed by atoms with Gasteiger partial charge in [-0.1, -0.05) is 12.1 Å². The Hall–Kier alpha value is -1.73. The summed E-state index contributed by atoms with van der Waals surface area (Å²) < 4.78 is 30.2. The molecule has 1 saturated heterocycles. The molecule has 0 bridgehead atoms. The molecule has 0 radical (unpaired) electrons. The molecule has 1 aromatic carbocycles. The van der Waals surface area contributed by atoms with Gasteiger partial charge in [-0.2, -0.15) is 0 Å². The van der Waals surface area contributed by atoms with Gasteiger partial charge in [0.05, 0.1) is 23.5 Å². The summed E-state index contributed by atoms with van der Waals surface area (Å²) in [4.78, 5) is 8.73. The van der Waals surface area contributed by atoms with Crippen molar-refractivity contribution >= 4 is 21.1 Å². The molecule has 1 aromatic heterocycles. The Bertz CT molecular complexity index is 740. The molecule has 1 aliphatic rings. The van der Waals surface area contributed by atoms with Crippen molar-refractivity contribution in [2.75, 3.05) is 19.3 Å². The van der Waals surface area contributed by atoms with Gasteiger partial charge in [0, 0.05) is 13.1 Å². The molecule has 0 unspecified atom stereocenters. The molecule has 3 rings (SSSR count). The lowest BCUT2D eigenvalue weighted by molar-refractivity contribution is 0.130. The second-order valence-electron chi connectivity index (χ2n) is 5.18. The number of hydrogen-bond acceptors (Lipinski definition) is 5. The second kappa shape index (κ2) is 5.57. The monoisotopic (exact) mass is 307 g/mol. The van der Waals surface area contributed by atoms with E-state index in [1.807, 2.05) is 24.3 Å². The van der Waals surface area contributed by atoms with Crippen LogP contribution >= 0.6 is 0 Å². The average molecular weight is 307 g/mol. The first kappa shape index (κ1) is 14.2. The van der Waals surface area contributed by atoms with Gasteiger partial charge >= 0.3 is 0 Å². The van der Waals surface area contributed by atoms with E-state index in [2.05, 4.69) is 9.97 Å². The summed E-state index contributed by atoms with van der Waals surface area (Å²) in [5, 5.41) is 0. The minimum absolute atomic E-state index is 0.0153. The van der Waals surface area contributed by atoms with Crippen LogP contribution in [-0.4, -0.2) is 48.1 Å². The fourth-order valence-electron chi connectivity index (χ4n) is 2.45. The minimum Gasteiger partial charge on any atom is -0.473 e. The molecule has 0 N–H and O–H groups in total. The fraction of sp³-hybridized carbons (Fsp3) is 0.429. The third-order valence-corrected chi connectivity index (χ3v) is 4.89. The topological polar surface area (TPSA) is 72.4 Å². The highest BCUT2D eigenvalue weighted by atomic mass is 32.2. The summed E-state index contributed by atoms with van der Waals surface area (Å²) >= 11 is 0. The number of rotatable bonds is 3. The standard InChI is InChI=1S/C14H17N3O3S/c1-21(18,19)17-8-6-11(7-9-17)20-14-10-15-12-4-2-3-5-13(12)16-14/h2-5,10-11H,6-9H2,1H3. The molecule has 112 valence electrons. The van der Waals surface area contributed by atoms with E-state index in [0.29, 0.717) is 31.8 Å². The number of sulfonamides is 1. The molecule has 2 aromatic rings. The van der Waals surface area contributed by atoms with Crippen molar-refractivity contribution in [1.29, 1.82) is 0 Å². The summed E-state index contributed by atoms with van der Waals surface area (Å²) in [7, 11) is -3.10. The van der Waals surface area contributed by atoms with Crippen molar-refractivity contribution in [1.82, 2.24) is 14.3 Å². The summed E-state index contributed by atoms with van der Waals surface area (Å²) in [6.07, 6.45) is 4.18.